The van der Waals surface area contributed by atoms with Gasteiger partial charge in [-0.25, -0.2) is 0 Å². The van der Waals surface area contributed by atoms with E-state index in [0.717, 1.165) is 30.5 Å². The van der Waals surface area contributed by atoms with Crippen LogP contribution < -0.4 is 4.90 Å². The molecule has 2 aromatic rings. The molecule has 0 amide bonds. The summed E-state index contributed by atoms with van der Waals surface area (Å²) in [6, 6.07) is 16.3. The molecule has 0 atom stereocenters. The normalized spacial score (nSPS) is 14.4. The quantitative estimate of drug-likeness (QED) is 0.791. The first-order valence-corrected chi connectivity index (χ1v) is 7.67. The van der Waals surface area contributed by atoms with Gasteiger partial charge in [0.1, 0.15) is 0 Å². The maximum Gasteiger partial charge on any atom is 0.182 e. The molecule has 1 aliphatic rings. The zero-order chi connectivity index (χ0) is 14.7. The van der Waals surface area contributed by atoms with E-state index < -0.39 is 0 Å². The van der Waals surface area contributed by atoms with Gasteiger partial charge in [-0.15, -0.1) is 0 Å². The fourth-order valence-electron chi connectivity index (χ4n) is 3.08. The first kappa shape index (κ1) is 13.9. The molecule has 1 aliphatic heterocycles. The number of fused-ring (bicyclic) bond motifs is 1. The number of carbonyl (C=O) groups is 1. The van der Waals surface area contributed by atoms with Gasteiger partial charge in [-0.05, 0) is 43.4 Å². The Bertz CT molecular complexity index is 648. The molecule has 1 heterocycles. The minimum Gasteiger partial charge on any atom is -0.364 e. The number of para-hydroxylation sites is 1. The molecular weight excluding hydrogens is 258 g/mol. The monoisotopic (exact) mass is 279 g/mol. The molecule has 2 heteroatoms. The van der Waals surface area contributed by atoms with Gasteiger partial charge in [0.2, 0.25) is 0 Å². The summed E-state index contributed by atoms with van der Waals surface area (Å²) >= 11 is 0. The fourth-order valence-corrected chi connectivity index (χ4v) is 3.08. The first-order chi connectivity index (χ1) is 10.3. The van der Waals surface area contributed by atoms with E-state index in [9.17, 15) is 4.79 Å². The smallest absolute Gasteiger partial charge is 0.182 e. The van der Waals surface area contributed by atoms with Crippen LogP contribution in [0.2, 0.25) is 0 Å². The van der Waals surface area contributed by atoms with E-state index in [2.05, 4.69) is 29.2 Å². The molecule has 0 saturated heterocycles. The van der Waals surface area contributed by atoms with E-state index >= 15 is 0 Å². The Balaban J connectivity index is 1.85. The lowest BCUT2D eigenvalue weighted by Crippen LogP contribution is -2.31. The highest BCUT2D eigenvalue weighted by molar-refractivity contribution is 6.00. The predicted molar refractivity (Wildman–Crippen MR) is 87.1 cm³/mol. The second kappa shape index (κ2) is 6.13. The Morgan fingerprint density at radius 1 is 1.05 bits per heavy atom. The molecule has 21 heavy (non-hydrogen) atoms. The average molecular weight is 279 g/mol. The van der Waals surface area contributed by atoms with E-state index in [1.165, 1.54) is 17.7 Å². The van der Waals surface area contributed by atoms with Crippen molar-refractivity contribution in [3.05, 3.63) is 65.2 Å². The van der Waals surface area contributed by atoms with Crippen LogP contribution in [0.5, 0.6) is 0 Å². The zero-order valence-electron chi connectivity index (χ0n) is 12.5. The number of hydrogen-bond acceptors (Lipinski definition) is 2. The van der Waals surface area contributed by atoms with Gasteiger partial charge in [-0.2, -0.15) is 0 Å². The van der Waals surface area contributed by atoms with Crippen LogP contribution >= 0.6 is 0 Å². The van der Waals surface area contributed by atoms with Crippen molar-refractivity contribution >= 4 is 11.5 Å². The minimum absolute atomic E-state index is 0.213. The lowest BCUT2D eigenvalue weighted by Gasteiger charge is -2.24. The summed E-state index contributed by atoms with van der Waals surface area (Å²) in [4.78, 5) is 14.9. The fraction of sp³-hybridized carbons (Fsp3) is 0.316. The van der Waals surface area contributed by atoms with Crippen LogP contribution in [0.3, 0.4) is 0 Å². The van der Waals surface area contributed by atoms with Crippen LogP contribution in [-0.4, -0.2) is 18.9 Å². The van der Waals surface area contributed by atoms with Gasteiger partial charge in [0.15, 0.2) is 5.78 Å². The Hall–Kier alpha value is -2.09. The number of benzene rings is 2. The molecule has 0 saturated carbocycles. The van der Waals surface area contributed by atoms with Crippen LogP contribution in [0.4, 0.5) is 5.69 Å². The molecule has 108 valence electrons. The molecule has 0 N–H and O–H groups in total. The maximum absolute atomic E-state index is 12.6. The Kier molecular flexibility index (Phi) is 4.05. The number of ketones is 1. The third kappa shape index (κ3) is 2.99. The summed E-state index contributed by atoms with van der Waals surface area (Å²) in [5.74, 6) is 0.213. The van der Waals surface area contributed by atoms with Gasteiger partial charge >= 0.3 is 0 Å². The Morgan fingerprint density at radius 3 is 2.67 bits per heavy atom. The molecule has 2 nitrogen and oxygen atoms in total. The van der Waals surface area contributed by atoms with Crippen molar-refractivity contribution in [2.45, 2.75) is 26.2 Å². The highest BCUT2D eigenvalue weighted by Gasteiger charge is 2.18. The minimum atomic E-state index is 0.213. The molecule has 3 rings (SSSR count). The van der Waals surface area contributed by atoms with Crippen molar-refractivity contribution in [3.63, 3.8) is 0 Å². The lowest BCUT2D eigenvalue weighted by molar-refractivity contribution is 0.0998. The maximum atomic E-state index is 12.6. The molecule has 2 aromatic carbocycles. The van der Waals surface area contributed by atoms with E-state index in [0.29, 0.717) is 6.54 Å². The van der Waals surface area contributed by atoms with Gasteiger partial charge < -0.3 is 4.90 Å². The molecule has 0 fully saturated rings. The van der Waals surface area contributed by atoms with Gasteiger partial charge in [-0.3, -0.25) is 4.79 Å². The van der Waals surface area contributed by atoms with E-state index in [1.54, 1.807) is 0 Å². The van der Waals surface area contributed by atoms with Crippen molar-refractivity contribution in [2.75, 3.05) is 18.0 Å². The third-order valence-electron chi connectivity index (χ3n) is 4.24. The van der Waals surface area contributed by atoms with Crippen molar-refractivity contribution in [3.8, 4) is 0 Å². The standard InChI is InChI=1S/C19H21NO/c1-15-8-2-4-11-17(15)19(21)14-20-13-7-6-10-16-9-3-5-12-18(16)20/h2-5,8-9,11-12H,6-7,10,13-14H2,1H3. The summed E-state index contributed by atoms with van der Waals surface area (Å²) in [5, 5.41) is 0. The number of rotatable bonds is 3. The molecule has 0 unspecified atom stereocenters. The topological polar surface area (TPSA) is 20.3 Å². The zero-order valence-corrected chi connectivity index (χ0v) is 12.5. The number of aryl methyl sites for hydroxylation is 2. The van der Waals surface area contributed by atoms with Gasteiger partial charge in [0, 0.05) is 17.8 Å². The molecular formula is C19H21NO. The van der Waals surface area contributed by atoms with E-state index in [4.69, 9.17) is 0 Å². The summed E-state index contributed by atoms with van der Waals surface area (Å²) in [7, 11) is 0. The van der Waals surface area contributed by atoms with Gasteiger partial charge in [-0.1, -0.05) is 42.5 Å². The second-order valence-corrected chi connectivity index (χ2v) is 5.75. The Labute approximate surface area is 126 Å². The Morgan fingerprint density at radius 2 is 1.81 bits per heavy atom. The highest BCUT2D eigenvalue weighted by atomic mass is 16.1. The largest absolute Gasteiger partial charge is 0.364 e. The third-order valence-corrected chi connectivity index (χ3v) is 4.24. The number of Topliss-reactive ketones (excluding diaryl/α,β-unsaturated/α-hetero) is 1. The second-order valence-electron chi connectivity index (χ2n) is 5.75. The molecule has 0 aliphatic carbocycles. The van der Waals surface area contributed by atoms with Crippen LogP contribution in [0.1, 0.15) is 34.3 Å². The summed E-state index contributed by atoms with van der Waals surface area (Å²) in [6.45, 7) is 3.44. The molecule has 0 spiro atoms. The van der Waals surface area contributed by atoms with Crippen LogP contribution in [-0.2, 0) is 6.42 Å². The van der Waals surface area contributed by atoms with Crippen molar-refractivity contribution in [2.24, 2.45) is 0 Å². The van der Waals surface area contributed by atoms with Crippen LogP contribution in [0.15, 0.2) is 48.5 Å². The first-order valence-electron chi connectivity index (χ1n) is 7.67. The predicted octanol–water partition coefficient (Wildman–Crippen LogP) is 4.02. The summed E-state index contributed by atoms with van der Waals surface area (Å²) < 4.78 is 0. The van der Waals surface area contributed by atoms with Gasteiger partial charge in [0.25, 0.3) is 0 Å². The van der Waals surface area contributed by atoms with Crippen molar-refractivity contribution in [1.29, 1.82) is 0 Å². The van der Waals surface area contributed by atoms with Crippen molar-refractivity contribution < 1.29 is 4.79 Å². The van der Waals surface area contributed by atoms with E-state index in [1.807, 2.05) is 31.2 Å². The summed E-state index contributed by atoms with van der Waals surface area (Å²) in [5.41, 5.74) is 4.51. The number of hydrogen-bond donors (Lipinski definition) is 0. The number of nitrogens with zero attached hydrogens (tertiary/aromatic N) is 1. The highest BCUT2D eigenvalue weighted by Crippen LogP contribution is 2.26. The van der Waals surface area contributed by atoms with Crippen molar-refractivity contribution in [1.82, 2.24) is 0 Å². The number of carbonyl (C=O) groups excluding carboxylic acids is 1. The summed E-state index contributed by atoms with van der Waals surface area (Å²) in [6.07, 6.45) is 3.47. The van der Waals surface area contributed by atoms with E-state index in [-0.39, 0.29) is 5.78 Å². The number of anilines is 1. The lowest BCUT2D eigenvalue weighted by atomic mass is 10.0. The molecule has 0 aromatic heterocycles. The van der Waals surface area contributed by atoms with Crippen LogP contribution in [0, 0.1) is 6.92 Å². The molecule has 0 bridgehead atoms. The molecule has 0 radical (unpaired) electrons. The van der Waals surface area contributed by atoms with Crippen LogP contribution in [0.25, 0.3) is 0 Å². The SMILES string of the molecule is Cc1ccccc1C(=O)CN1CCCCc2ccccc21. The average Bonchev–Trinajstić information content (AvgIpc) is 2.70. The van der Waals surface area contributed by atoms with Gasteiger partial charge in [0.05, 0.1) is 6.54 Å².